The summed E-state index contributed by atoms with van der Waals surface area (Å²) >= 11 is 1.45. The molecular formula is C11H16N2O2S. The Labute approximate surface area is 99.7 Å². The number of ether oxygens (including phenoxy) is 1. The summed E-state index contributed by atoms with van der Waals surface area (Å²) in [6.07, 6.45) is 2.25. The summed E-state index contributed by atoms with van der Waals surface area (Å²) in [5, 5.41) is 0.957. The SMILES string of the molecule is CCOC(=O)C1=C(C)N2CCCCN=C2S1. The van der Waals surface area contributed by atoms with Gasteiger partial charge < -0.3 is 9.64 Å². The van der Waals surface area contributed by atoms with Crippen LogP contribution in [0.15, 0.2) is 15.6 Å². The lowest BCUT2D eigenvalue weighted by atomic mass is 10.3. The van der Waals surface area contributed by atoms with Crippen LogP contribution in [0.5, 0.6) is 0 Å². The van der Waals surface area contributed by atoms with E-state index in [1.807, 2.05) is 13.8 Å². The van der Waals surface area contributed by atoms with Crippen molar-refractivity contribution in [2.75, 3.05) is 19.7 Å². The second kappa shape index (κ2) is 4.91. The Hall–Kier alpha value is -0.970. The van der Waals surface area contributed by atoms with Gasteiger partial charge in [0.1, 0.15) is 4.91 Å². The Bertz CT molecular complexity index is 363. The third kappa shape index (κ3) is 2.09. The summed E-state index contributed by atoms with van der Waals surface area (Å²) in [4.78, 5) is 19.0. The number of carbonyl (C=O) groups is 1. The van der Waals surface area contributed by atoms with E-state index in [1.165, 1.54) is 11.8 Å². The quantitative estimate of drug-likeness (QED) is 0.692. The van der Waals surface area contributed by atoms with Crippen molar-refractivity contribution >= 4 is 22.9 Å². The molecule has 2 rings (SSSR count). The van der Waals surface area contributed by atoms with E-state index in [0.717, 1.165) is 36.8 Å². The summed E-state index contributed by atoms with van der Waals surface area (Å²) in [5.41, 5.74) is 0.990. The van der Waals surface area contributed by atoms with Gasteiger partial charge in [-0.05, 0) is 38.5 Å². The van der Waals surface area contributed by atoms with Crippen LogP contribution in [0.4, 0.5) is 0 Å². The van der Waals surface area contributed by atoms with Gasteiger partial charge in [0.25, 0.3) is 0 Å². The molecule has 0 atom stereocenters. The Kier molecular flexibility index (Phi) is 3.53. The number of esters is 1. The van der Waals surface area contributed by atoms with E-state index < -0.39 is 0 Å². The molecule has 0 radical (unpaired) electrons. The Morgan fingerprint density at radius 3 is 3.12 bits per heavy atom. The molecule has 2 heterocycles. The van der Waals surface area contributed by atoms with Crippen molar-refractivity contribution in [1.82, 2.24) is 4.90 Å². The normalized spacial score (nSPS) is 20.4. The number of hydrogen-bond acceptors (Lipinski definition) is 5. The second-order valence-corrected chi connectivity index (χ2v) is 4.74. The van der Waals surface area contributed by atoms with Crippen molar-refractivity contribution in [3.8, 4) is 0 Å². The third-order valence-electron chi connectivity index (χ3n) is 2.66. The molecule has 5 heteroatoms. The van der Waals surface area contributed by atoms with E-state index in [4.69, 9.17) is 4.74 Å². The summed E-state index contributed by atoms with van der Waals surface area (Å²) in [6.45, 7) is 6.03. The minimum absolute atomic E-state index is 0.222. The zero-order chi connectivity index (χ0) is 11.5. The molecule has 0 amide bonds. The number of hydrogen-bond donors (Lipinski definition) is 0. The first-order valence-corrected chi connectivity index (χ1v) is 6.43. The summed E-state index contributed by atoms with van der Waals surface area (Å²) < 4.78 is 5.03. The van der Waals surface area contributed by atoms with Crippen molar-refractivity contribution in [3.63, 3.8) is 0 Å². The molecule has 0 aromatic heterocycles. The molecule has 0 saturated heterocycles. The van der Waals surface area contributed by atoms with Crippen molar-refractivity contribution in [2.45, 2.75) is 26.7 Å². The highest BCUT2D eigenvalue weighted by molar-refractivity contribution is 8.18. The average Bonchev–Trinajstić information content (AvgIpc) is 2.47. The molecule has 0 aromatic rings. The molecule has 0 N–H and O–H groups in total. The zero-order valence-electron chi connectivity index (χ0n) is 9.65. The predicted octanol–water partition coefficient (Wildman–Crippen LogP) is 1.98. The molecule has 0 bridgehead atoms. The van der Waals surface area contributed by atoms with E-state index >= 15 is 0 Å². The summed E-state index contributed by atoms with van der Waals surface area (Å²) in [6, 6.07) is 0. The van der Waals surface area contributed by atoms with Gasteiger partial charge in [0.15, 0.2) is 5.17 Å². The molecule has 0 aromatic carbocycles. The topological polar surface area (TPSA) is 41.9 Å². The van der Waals surface area contributed by atoms with Crippen LogP contribution in [0.2, 0.25) is 0 Å². The first-order chi connectivity index (χ1) is 7.74. The maximum atomic E-state index is 11.7. The lowest BCUT2D eigenvalue weighted by Crippen LogP contribution is -2.23. The number of nitrogens with zero attached hydrogens (tertiary/aromatic N) is 2. The van der Waals surface area contributed by atoms with E-state index in [1.54, 1.807) is 0 Å². The summed E-state index contributed by atoms with van der Waals surface area (Å²) in [5.74, 6) is -0.222. The molecule has 0 fully saturated rings. The average molecular weight is 240 g/mol. The fraction of sp³-hybridized carbons (Fsp3) is 0.636. The van der Waals surface area contributed by atoms with Gasteiger partial charge in [-0.2, -0.15) is 0 Å². The second-order valence-electron chi connectivity index (χ2n) is 3.76. The molecule has 88 valence electrons. The minimum atomic E-state index is -0.222. The van der Waals surface area contributed by atoms with E-state index in [2.05, 4.69) is 9.89 Å². The molecule has 0 saturated carbocycles. The van der Waals surface area contributed by atoms with Crippen LogP contribution < -0.4 is 0 Å². The van der Waals surface area contributed by atoms with Crippen molar-refractivity contribution in [3.05, 3.63) is 10.6 Å². The first kappa shape index (κ1) is 11.5. The Balaban J connectivity index is 2.19. The van der Waals surface area contributed by atoms with Gasteiger partial charge in [0, 0.05) is 18.8 Å². The number of rotatable bonds is 2. The largest absolute Gasteiger partial charge is 0.462 e. The standard InChI is InChI=1S/C11H16N2O2S/c1-3-15-10(14)9-8(2)13-7-5-4-6-12-11(13)16-9/h3-7H2,1-2H3. The van der Waals surface area contributed by atoms with Crippen molar-refractivity contribution in [1.29, 1.82) is 0 Å². The summed E-state index contributed by atoms with van der Waals surface area (Å²) in [7, 11) is 0. The molecule has 0 unspecified atom stereocenters. The highest BCUT2D eigenvalue weighted by atomic mass is 32.2. The van der Waals surface area contributed by atoms with Crippen LogP contribution in [0, 0.1) is 0 Å². The number of aliphatic imine (C=N–C) groups is 1. The first-order valence-electron chi connectivity index (χ1n) is 5.62. The maximum Gasteiger partial charge on any atom is 0.346 e. The van der Waals surface area contributed by atoms with Crippen LogP contribution in [0.25, 0.3) is 0 Å². The van der Waals surface area contributed by atoms with Crippen LogP contribution in [0.3, 0.4) is 0 Å². The molecule has 2 aliphatic rings. The lowest BCUT2D eigenvalue weighted by Gasteiger charge is -2.17. The van der Waals surface area contributed by atoms with Crippen LogP contribution >= 0.6 is 11.8 Å². The monoisotopic (exact) mass is 240 g/mol. The molecule has 0 spiro atoms. The van der Waals surface area contributed by atoms with Gasteiger partial charge in [-0.1, -0.05) is 0 Å². The van der Waals surface area contributed by atoms with Gasteiger partial charge in [-0.3, -0.25) is 4.99 Å². The predicted molar refractivity (Wildman–Crippen MR) is 65.2 cm³/mol. The third-order valence-corrected chi connectivity index (χ3v) is 3.85. The van der Waals surface area contributed by atoms with Gasteiger partial charge in [-0.15, -0.1) is 0 Å². The highest BCUT2D eigenvalue weighted by Gasteiger charge is 2.31. The van der Waals surface area contributed by atoms with Crippen molar-refractivity contribution < 1.29 is 9.53 Å². The van der Waals surface area contributed by atoms with Gasteiger partial charge in [-0.25, -0.2) is 4.79 Å². The van der Waals surface area contributed by atoms with Crippen LogP contribution in [-0.2, 0) is 9.53 Å². The number of fused-ring (bicyclic) bond motifs is 1. The van der Waals surface area contributed by atoms with Crippen LogP contribution in [-0.4, -0.2) is 35.7 Å². The van der Waals surface area contributed by atoms with Gasteiger partial charge >= 0.3 is 5.97 Å². The van der Waals surface area contributed by atoms with Crippen LogP contribution in [0.1, 0.15) is 26.7 Å². The molecule has 2 aliphatic heterocycles. The number of thioether (sulfide) groups is 1. The number of allylic oxidation sites excluding steroid dienone is 1. The van der Waals surface area contributed by atoms with E-state index in [9.17, 15) is 4.79 Å². The molecule has 0 aliphatic carbocycles. The molecular weight excluding hydrogens is 224 g/mol. The van der Waals surface area contributed by atoms with Crippen molar-refractivity contribution in [2.24, 2.45) is 4.99 Å². The fourth-order valence-electron chi connectivity index (χ4n) is 1.81. The lowest BCUT2D eigenvalue weighted by molar-refractivity contribution is -0.137. The number of amidine groups is 1. The zero-order valence-corrected chi connectivity index (χ0v) is 10.5. The Morgan fingerprint density at radius 2 is 2.38 bits per heavy atom. The number of carbonyl (C=O) groups excluding carboxylic acids is 1. The van der Waals surface area contributed by atoms with E-state index in [0.29, 0.717) is 11.5 Å². The smallest absolute Gasteiger partial charge is 0.346 e. The highest BCUT2D eigenvalue weighted by Crippen LogP contribution is 2.36. The van der Waals surface area contributed by atoms with Gasteiger partial charge in [0.2, 0.25) is 0 Å². The van der Waals surface area contributed by atoms with E-state index in [-0.39, 0.29) is 5.97 Å². The Morgan fingerprint density at radius 1 is 1.56 bits per heavy atom. The molecule has 16 heavy (non-hydrogen) atoms. The molecule has 4 nitrogen and oxygen atoms in total. The fourth-order valence-corrected chi connectivity index (χ4v) is 2.89. The maximum absolute atomic E-state index is 11.7. The van der Waals surface area contributed by atoms with Gasteiger partial charge in [0.05, 0.1) is 6.61 Å². The minimum Gasteiger partial charge on any atom is -0.462 e.